The highest BCUT2D eigenvalue weighted by Gasteiger charge is 2.27. The lowest BCUT2D eigenvalue weighted by Crippen LogP contribution is -2.30. The summed E-state index contributed by atoms with van der Waals surface area (Å²) < 4.78 is 11.0. The molecule has 240 valence electrons. The fraction of sp³-hybridized carbons (Fsp3) is 0.0789. The Morgan fingerprint density at radius 1 is 0.771 bits per heavy atom. The maximum atomic E-state index is 13.7. The molecule has 10 heteroatoms. The van der Waals surface area contributed by atoms with Gasteiger partial charge in [0.05, 0.1) is 31.3 Å². The van der Waals surface area contributed by atoms with Crippen LogP contribution in [-0.4, -0.2) is 37.7 Å². The fourth-order valence-corrected chi connectivity index (χ4v) is 7.03. The Bertz CT molecular complexity index is 1970. The summed E-state index contributed by atoms with van der Waals surface area (Å²) in [6, 6.07) is 36.9. The minimum atomic E-state index is -0.540. The van der Waals surface area contributed by atoms with E-state index >= 15 is 0 Å². The lowest BCUT2D eigenvalue weighted by atomic mass is 10.1. The monoisotopic (exact) mass is 673 g/mol. The Kier molecular flexibility index (Phi) is 10.1. The van der Waals surface area contributed by atoms with Crippen LogP contribution in [0.5, 0.6) is 11.5 Å². The first kappa shape index (κ1) is 32.5. The Morgan fingerprint density at radius 2 is 1.44 bits per heavy atom. The molecule has 1 aliphatic heterocycles. The highest BCUT2D eigenvalue weighted by molar-refractivity contribution is 8.00. The minimum Gasteiger partial charge on any atom is -0.493 e. The second-order valence-corrected chi connectivity index (χ2v) is 12.6. The zero-order valence-corrected chi connectivity index (χ0v) is 27.8. The normalized spacial score (nSPS) is 12.0. The van der Waals surface area contributed by atoms with Crippen molar-refractivity contribution < 1.29 is 23.9 Å². The molecule has 0 bridgehead atoms. The predicted octanol–water partition coefficient (Wildman–Crippen LogP) is 8.04. The summed E-state index contributed by atoms with van der Waals surface area (Å²) >= 11 is 3.03. The maximum absolute atomic E-state index is 13.7. The third-order valence-corrected chi connectivity index (χ3v) is 9.51. The van der Waals surface area contributed by atoms with Crippen LogP contribution in [0.4, 0.5) is 17.1 Å². The summed E-state index contributed by atoms with van der Waals surface area (Å²) in [5, 5.41) is 5.65. The largest absolute Gasteiger partial charge is 0.493 e. The van der Waals surface area contributed by atoms with E-state index in [4.69, 9.17) is 9.47 Å². The average Bonchev–Trinajstić information content (AvgIpc) is 3.12. The molecule has 0 saturated heterocycles. The third-order valence-electron chi connectivity index (χ3n) is 7.40. The summed E-state index contributed by atoms with van der Waals surface area (Å²) in [6.45, 7) is 0. The summed E-state index contributed by atoms with van der Waals surface area (Å²) in [5.41, 5.74) is 3.16. The van der Waals surface area contributed by atoms with Crippen molar-refractivity contribution in [1.29, 1.82) is 0 Å². The summed E-state index contributed by atoms with van der Waals surface area (Å²) in [7, 11) is 3.03. The highest BCUT2D eigenvalue weighted by atomic mass is 32.2. The first-order valence-electron chi connectivity index (χ1n) is 15.0. The minimum absolute atomic E-state index is 0.00365. The van der Waals surface area contributed by atoms with Crippen molar-refractivity contribution in [2.24, 2.45) is 0 Å². The molecular formula is C38H31N3O5S2. The molecule has 1 aliphatic rings. The summed E-state index contributed by atoms with van der Waals surface area (Å²) in [4.78, 5) is 45.2. The van der Waals surface area contributed by atoms with E-state index in [1.54, 1.807) is 77.3 Å². The molecule has 3 amide bonds. The van der Waals surface area contributed by atoms with E-state index in [9.17, 15) is 14.4 Å². The van der Waals surface area contributed by atoms with Gasteiger partial charge in [-0.15, -0.1) is 11.8 Å². The van der Waals surface area contributed by atoms with Gasteiger partial charge in [-0.2, -0.15) is 0 Å². The molecule has 0 spiro atoms. The van der Waals surface area contributed by atoms with Crippen LogP contribution in [0.1, 0.15) is 15.9 Å². The summed E-state index contributed by atoms with van der Waals surface area (Å²) in [5.74, 6) is 0.0338. The van der Waals surface area contributed by atoms with Crippen LogP contribution >= 0.6 is 23.5 Å². The van der Waals surface area contributed by atoms with Crippen LogP contribution in [0.2, 0.25) is 0 Å². The number of carbonyl (C=O) groups is 3. The molecule has 2 N–H and O–H groups in total. The van der Waals surface area contributed by atoms with Gasteiger partial charge in [-0.25, -0.2) is 0 Å². The number of benzene rings is 5. The smallest absolute Gasteiger partial charge is 0.272 e. The number of fused-ring (bicyclic) bond motifs is 2. The van der Waals surface area contributed by atoms with Crippen LogP contribution in [0.3, 0.4) is 0 Å². The van der Waals surface area contributed by atoms with Gasteiger partial charge in [0.15, 0.2) is 11.5 Å². The first-order chi connectivity index (χ1) is 23.4. The SMILES string of the molecule is COc1cccc(/C=C(\NC(=O)c2ccccc2)C(=O)Nc2cccc(SCC(=O)N3c4ccccc4Sc4ccccc43)c2)c1OC. The summed E-state index contributed by atoms with van der Waals surface area (Å²) in [6.07, 6.45) is 1.54. The molecule has 0 fully saturated rings. The van der Waals surface area contributed by atoms with Gasteiger partial charge in [0.1, 0.15) is 5.70 Å². The molecule has 0 saturated carbocycles. The van der Waals surface area contributed by atoms with Crippen LogP contribution in [-0.2, 0) is 9.59 Å². The predicted molar refractivity (Wildman–Crippen MR) is 191 cm³/mol. The van der Waals surface area contributed by atoms with Gasteiger partial charge in [-0.1, -0.05) is 72.4 Å². The second-order valence-electron chi connectivity index (χ2n) is 10.5. The number of nitrogens with zero attached hydrogens (tertiary/aromatic N) is 1. The number of ether oxygens (including phenoxy) is 2. The Labute approximate surface area is 287 Å². The van der Waals surface area contributed by atoms with Crippen molar-refractivity contribution in [3.05, 3.63) is 138 Å². The van der Waals surface area contributed by atoms with E-state index in [1.165, 1.54) is 26.0 Å². The number of nitrogens with one attached hydrogen (secondary N) is 2. The van der Waals surface area contributed by atoms with Gasteiger partial charge in [0.25, 0.3) is 11.8 Å². The Balaban J connectivity index is 1.21. The fourth-order valence-electron chi connectivity index (χ4n) is 5.17. The average molecular weight is 674 g/mol. The topological polar surface area (TPSA) is 97.0 Å². The number of carbonyl (C=O) groups excluding carboxylic acids is 3. The van der Waals surface area contributed by atoms with Gasteiger partial charge < -0.3 is 20.1 Å². The van der Waals surface area contributed by atoms with E-state index < -0.39 is 11.8 Å². The third kappa shape index (κ3) is 7.25. The molecule has 0 atom stereocenters. The van der Waals surface area contributed by atoms with Crippen LogP contribution < -0.4 is 25.0 Å². The van der Waals surface area contributed by atoms with Gasteiger partial charge in [-0.3, -0.25) is 19.3 Å². The van der Waals surface area contributed by atoms with E-state index in [0.29, 0.717) is 28.3 Å². The van der Waals surface area contributed by atoms with Gasteiger partial charge in [0, 0.05) is 31.5 Å². The second kappa shape index (κ2) is 15.0. The maximum Gasteiger partial charge on any atom is 0.272 e. The molecule has 0 unspecified atom stereocenters. The van der Waals surface area contributed by atoms with Gasteiger partial charge in [0.2, 0.25) is 5.91 Å². The zero-order chi connectivity index (χ0) is 33.5. The van der Waals surface area contributed by atoms with Crippen molar-refractivity contribution >= 4 is 64.4 Å². The Morgan fingerprint density at radius 3 is 2.12 bits per heavy atom. The molecule has 5 aromatic carbocycles. The van der Waals surface area contributed by atoms with Crippen molar-refractivity contribution in [2.45, 2.75) is 14.7 Å². The highest BCUT2D eigenvalue weighted by Crippen LogP contribution is 2.48. The molecule has 0 aromatic heterocycles. The lowest BCUT2D eigenvalue weighted by Gasteiger charge is -2.31. The first-order valence-corrected chi connectivity index (χ1v) is 16.8. The molecule has 8 nitrogen and oxygen atoms in total. The molecule has 6 rings (SSSR count). The molecule has 0 aliphatic carbocycles. The zero-order valence-electron chi connectivity index (χ0n) is 26.1. The number of thioether (sulfide) groups is 1. The van der Waals surface area contributed by atoms with Crippen molar-refractivity contribution in [3.63, 3.8) is 0 Å². The molecule has 5 aromatic rings. The van der Waals surface area contributed by atoms with E-state index in [1.807, 2.05) is 66.7 Å². The molecule has 48 heavy (non-hydrogen) atoms. The molecule has 1 heterocycles. The number of amides is 3. The van der Waals surface area contributed by atoms with E-state index in [0.717, 1.165) is 26.1 Å². The number of hydrogen-bond donors (Lipinski definition) is 2. The number of para-hydroxylation sites is 3. The number of anilines is 3. The van der Waals surface area contributed by atoms with E-state index in [-0.39, 0.29) is 17.4 Å². The van der Waals surface area contributed by atoms with Crippen molar-refractivity contribution in [3.8, 4) is 11.5 Å². The van der Waals surface area contributed by atoms with Crippen LogP contribution in [0.15, 0.2) is 142 Å². The van der Waals surface area contributed by atoms with Crippen LogP contribution in [0.25, 0.3) is 6.08 Å². The Hall–Kier alpha value is -5.45. The number of rotatable bonds is 10. The lowest BCUT2D eigenvalue weighted by molar-refractivity contribution is -0.115. The van der Waals surface area contributed by atoms with Crippen molar-refractivity contribution in [1.82, 2.24) is 5.32 Å². The standard InChI is InChI=1S/C38H31N3O5S2/c1-45-32-19-10-14-26(36(32)46-2)22-29(40-37(43)25-12-4-3-5-13-25)38(44)39-27-15-11-16-28(23-27)47-24-35(42)41-30-17-6-8-20-33(30)48-34-21-9-7-18-31(34)41/h3-23H,24H2,1-2H3,(H,39,44)(H,40,43)/b29-22-. The van der Waals surface area contributed by atoms with Gasteiger partial charge >= 0.3 is 0 Å². The quantitative estimate of drug-likeness (QED) is 0.114. The number of methoxy groups -OCH3 is 2. The van der Waals surface area contributed by atoms with Crippen LogP contribution in [0, 0.1) is 0 Å². The number of hydrogen-bond acceptors (Lipinski definition) is 7. The van der Waals surface area contributed by atoms with Gasteiger partial charge in [-0.05, 0) is 66.7 Å². The van der Waals surface area contributed by atoms with E-state index in [2.05, 4.69) is 10.6 Å². The molecular weight excluding hydrogens is 643 g/mol. The van der Waals surface area contributed by atoms with Crippen molar-refractivity contribution in [2.75, 3.05) is 30.2 Å². The molecule has 0 radical (unpaired) electrons.